The minimum atomic E-state index is -0.234. The van der Waals surface area contributed by atoms with Gasteiger partial charge in [0.1, 0.15) is 0 Å². The monoisotopic (exact) mass is 358 g/mol. The summed E-state index contributed by atoms with van der Waals surface area (Å²) in [6.45, 7) is 3.70. The number of hydrogen-bond donors (Lipinski definition) is 1. The molecule has 0 bridgehead atoms. The van der Waals surface area contributed by atoms with Crippen LogP contribution >= 0.6 is 0 Å². The van der Waals surface area contributed by atoms with Crippen LogP contribution in [-0.2, 0) is 0 Å². The Morgan fingerprint density at radius 3 is 2.63 bits per heavy atom. The van der Waals surface area contributed by atoms with Crippen molar-refractivity contribution in [1.29, 1.82) is 0 Å². The number of hydrogen-bond acceptors (Lipinski definition) is 5. The molecule has 0 spiro atoms. The van der Waals surface area contributed by atoms with Crippen LogP contribution < -0.4 is 5.32 Å². The number of fused-ring (bicyclic) bond motifs is 1. The van der Waals surface area contributed by atoms with Gasteiger partial charge in [0.25, 0.3) is 11.6 Å². The average molecular weight is 358 g/mol. The van der Waals surface area contributed by atoms with E-state index >= 15 is 0 Å². The van der Waals surface area contributed by atoms with Gasteiger partial charge in [0.2, 0.25) is 0 Å². The van der Waals surface area contributed by atoms with Gasteiger partial charge in [-0.15, -0.1) is 0 Å². The molecule has 1 unspecified atom stereocenters. The van der Waals surface area contributed by atoms with Crippen LogP contribution in [0.25, 0.3) is 22.4 Å². The van der Waals surface area contributed by atoms with Crippen LogP contribution in [0, 0.1) is 6.92 Å². The number of rotatable bonds is 4. The Balaban J connectivity index is 1.75. The van der Waals surface area contributed by atoms with Gasteiger partial charge < -0.3 is 9.84 Å². The third-order valence-electron chi connectivity index (χ3n) is 4.41. The SMILES string of the molecule is Cc1noc2nc(-c3ccccc3)cc(C(=O)NC(C)c3ccccn3)c12. The van der Waals surface area contributed by atoms with Gasteiger partial charge in [-0.2, -0.15) is 0 Å². The molecule has 27 heavy (non-hydrogen) atoms. The fourth-order valence-electron chi connectivity index (χ4n) is 3.01. The summed E-state index contributed by atoms with van der Waals surface area (Å²) in [5.41, 5.74) is 3.83. The van der Waals surface area contributed by atoms with Crippen molar-refractivity contribution < 1.29 is 9.32 Å². The third-order valence-corrected chi connectivity index (χ3v) is 4.41. The molecule has 0 aliphatic heterocycles. The van der Waals surface area contributed by atoms with Crippen LogP contribution in [0.15, 0.2) is 65.3 Å². The molecule has 1 N–H and O–H groups in total. The lowest BCUT2D eigenvalue weighted by atomic mass is 10.0. The predicted octanol–water partition coefficient (Wildman–Crippen LogP) is 4.08. The Kier molecular flexibility index (Phi) is 4.38. The largest absolute Gasteiger partial charge is 0.344 e. The van der Waals surface area contributed by atoms with Crippen molar-refractivity contribution in [2.24, 2.45) is 0 Å². The van der Waals surface area contributed by atoms with E-state index in [-0.39, 0.29) is 11.9 Å². The Morgan fingerprint density at radius 2 is 1.89 bits per heavy atom. The molecule has 6 nitrogen and oxygen atoms in total. The van der Waals surface area contributed by atoms with E-state index in [2.05, 4.69) is 20.4 Å². The first-order valence-corrected chi connectivity index (χ1v) is 8.67. The van der Waals surface area contributed by atoms with Crippen LogP contribution in [0.4, 0.5) is 0 Å². The van der Waals surface area contributed by atoms with Crippen LogP contribution in [0.2, 0.25) is 0 Å². The lowest BCUT2D eigenvalue weighted by Gasteiger charge is -2.14. The zero-order valence-corrected chi connectivity index (χ0v) is 15.0. The Morgan fingerprint density at radius 1 is 1.11 bits per heavy atom. The van der Waals surface area contributed by atoms with Crippen LogP contribution in [0.5, 0.6) is 0 Å². The lowest BCUT2D eigenvalue weighted by molar-refractivity contribution is 0.0940. The smallest absolute Gasteiger partial charge is 0.259 e. The first-order valence-electron chi connectivity index (χ1n) is 8.67. The Labute approximate surface area is 156 Å². The van der Waals surface area contributed by atoms with Gasteiger partial charge in [-0.3, -0.25) is 9.78 Å². The highest BCUT2D eigenvalue weighted by Crippen LogP contribution is 2.27. The molecule has 4 aromatic rings. The molecule has 1 atom stereocenters. The fourth-order valence-corrected chi connectivity index (χ4v) is 3.01. The molecule has 0 fully saturated rings. The molecular weight excluding hydrogens is 340 g/mol. The maximum absolute atomic E-state index is 13.0. The maximum atomic E-state index is 13.0. The maximum Gasteiger partial charge on any atom is 0.259 e. The second kappa shape index (κ2) is 6.99. The summed E-state index contributed by atoms with van der Waals surface area (Å²) in [6.07, 6.45) is 1.71. The van der Waals surface area contributed by atoms with Gasteiger partial charge in [-0.25, -0.2) is 4.98 Å². The summed E-state index contributed by atoms with van der Waals surface area (Å²) in [7, 11) is 0. The second-order valence-corrected chi connectivity index (χ2v) is 6.32. The number of aromatic nitrogens is 3. The van der Waals surface area contributed by atoms with Gasteiger partial charge in [0, 0.05) is 11.8 Å². The number of amides is 1. The van der Waals surface area contributed by atoms with E-state index in [0.29, 0.717) is 28.1 Å². The highest BCUT2D eigenvalue weighted by molar-refractivity contribution is 6.07. The quantitative estimate of drug-likeness (QED) is 0.594. The zero-order chi connectivity index (χ0) is 18.8. The summed E-state index contributed by atoms with van der Waals surface area (Å²) < 4.78 is 5.34. The Bertz CT molecular complexity index is 1090. The van der Waals surface area contributed by atoms with Crippen molar-refractivity contribution in [3.05, 3.63) is 77.7 Å². The summed E-state index contributed by atoms with van der Waals surface area (Å²) in [4.78, 5) is 21.9. The first kappa shape index (κ1) is 16.9. The van der Waals surface area contributed by atoms with Gasteiger partial charge in [-0.05, 0) is 32.0 Å². The number of carbonyl (C=O) groups is 1. The summed E-state index contributed by atoms with van der Waals surface area (Å²) in [5, 5.41) is 7.61. The molecule has 6 heteroatoms. The van der Waals surface area contributed by atoms with Crippen molar-refractivity contribution in [1.82, 2.24) is 20.4 Å². The first-order chi connectivity index (χ1) is 13.1. The lowest BCUT2D eigenvalue weighted by Crippen LogP contribution is -2.27. The second-order valence-electron chi connectivity index (χ2n) is 6.32. The molecular formula is C21H18N4O2. The molecule has 3 heterocycles. The van der Waals surface area contributed by atoms with Crippen LogP contribution in [-0.4, -0.2) is 21.0 Å². The zero-order valence-electron chi connectivity index (χ0n) is 15.0. The number of benzene rings is 1. The number of pyridine rings is 2. The predicted molar refractivity (Wildman–Crippen MR) is 102 cm³/mol. The van der Waals surface area contributed by atoms with E-state index in [1.165, 1.54) is 0 Å². The van der Waals surface area contributed by atoms with E-state index in [0.717, 1.165) is 11.3 Å². The summed E-state index contributed by atoms with van der Waals surface area (Å²) in [6, 6.07) is 16.8. The van der Waals surface area contributed by atoms with E-state index in [9.17, 15) is 4.79 Å². The Hall–Kier alpha value is -3.54. The van der Waals surface area contributed by atoms with E-state index < -0.39 is 0 Å². The van der Waals surface area contributed by atoms with Crippen molar-refractivity contribution >= 4 is 17.0 Å². The highest BCUT2D eigenvalue weighted by atomic mass is 16.5. The van der Waals surface area contributed by atoms with Crippen LogP contribution in [0.1, 0.15) is 34.7 Å². The number of aryl methyl sites for hydroxylation is 1. The molecule has 4 rings (SSSR count). The van der Waals surface area contributed by atoms with E-state index in [1.54, 1.807) is 19.2 Å². The number of carbonyl (C=O) groups excluding carboxylic acids is 1. The normalized spacial score (nSPS) is 12.1. The van der Waals surface area contributed by atoms with Gasteiger partial charge in [0.15, 0.2) is 0 Å². The van der Waals surface area contributed by atoms with Gasteiger partial charge in [0.05, 0.1) is 34.1 Å². The number of nitrogens with zero attached hydrogens (tertiary/aromatic N) is 3. The average Bonchev–Trinajstić information content (AvgIpc) is 3.09. The van der Waals surface area contributed by atoms with Crippen molar-refractivity contribution in [2.45, 2.75) is 19.9 Å². The molecule has 1 amide bonds. The molecule has 0 aliphatic rings. The minimum Gasteiger partial charge on any atom is -0.344 e. The van der Waals surface area contributed by atoms with Crippen molar-refractivity contribution in [3.8, 4) is 11.3 Å². The topological polar surface area (TPSA) is 80.9 Å². The fraction of sp³-hybridized carbons (Fsp3) is 0.143. The molecule has 0 radical (unpaired) electrons. The summed E-state index contributed by atoms with van der Waals surface area (Å²) >= 11 is 0. The highest BCUT2D eigenvalue weighted by Gasteiger charge is 2.21. The molecule has 1 aromatic carbocycles. The molecule has 0 saturated carbocycles. The summed E-state index contributed by atoms with van der Waals surface area (Å²) in [5.74, 6) is -0.218. The molecule has 0 aliphatic carbocycles. The van der Waals surface area contributed by atoms with Crippen LogP contribution in [0.3, 0.4) is 0 Å². The molecule has 0 saturated heterocycles. The van der Waals surface area contributed by atoms with Gasteiger partial charge in [-0.1, -0.05) is 41.6 Å². The van der Waals surface area contributed by atoms with Crippen molar-refractivity contribution in [3.63, 3.8) is 0 Å². The van der Waals surface area contributed by atoms with Gasteiger partial charge >= 0.3 is 0 Å². The third kappa shape index (κ3) is 3.29. The van der Waals surface area contributed by atoms with E-state index in [1.807, 2.05) is 55.5 Å². The van der Waals surface area contributed by atoms with Crippen molar-refractivity contribution in [2.75, 3.05) is 0 Å². The van der Waals surface area contributed by atoms with E-state index in [4.69, 9.17) is 4.52 Å². The number of nitrogens with one attached hydrogen (secondary N) is 1. The molecule has 134 valence electrons. The molecule has 3 aromatic heterocycles. The standard InChI is InChI=1S/C21H18N4O2/c1-13(17-10-6-7-11-22-17)23-20(26)16-12-18(15-8-4-3-5-9-15)24-21-19(16)14(2)25-27-21/h3-13H,1-2H3,(H,23,26). The minimum absolute atomic E-state index is 0.218.